The van der Waals surface area contributed by atoms with Gasteiger partial charge in [0.2, 0.25) is 5.95 Å². The maximum atomic E-state index is 4.17. The van der Waals surface area contributed by atoms with Crippen molar-refractivity contribution in [2.45, 2.75) is 0 Å². The quantitative estimate of drug-likeness (QED) is 0.605. The van der Waals surface area contributed by atoms with Crippen molar-refractivity contribution in [1.29, 1.82) is 0 Å². The summed E-state index contributed by atoms with van der Waals surface area (Å²) in [6, 6.07) is 2.82. The minimum atomic E-state index is 0.826. The first kappa shape index (κ1) is 8.44. The first-order valence-corrected chi connectivity index (χ1v) is 4.48. The highest BCUT2D eigenvalue weighted by Crippen LogP contribution is 2.07. The van der Waals surface area contributed by atoms with Crippen LogP contribution < -0.4 is 4.90 Å². The largest absolute Gasteiger partial charge is 0.338 e. The molecule has 1 aromatic heterocycles. The summed E-state index contributed by atoms with van der Waals surface area (Å²) in [4.78, 5) is 12.8. The van der Waals surface area contributed by atoms with Gasteiger partial charge in [0.05, 0.1) is 0 Å². The Morgan fingerprint density at radius 2 is 1.77 bits per heavy atom. The van der Waals surface area contributed by atoms with Gasteiger partial charge in [-0.25, -0.2) is 9.97 Å². The van der Waals surface area contributed by atoms with E-state index >= 15 is 0 Å². The molecule has 0 bridgehead atoms. The molecule has 0 N–H and O–H groups in total. The van der Waals surface area contributed by atoms with Crippen molar-refractivity contribution in [2.75, 3.05) is 38.1 Å². The number of hydrogen-bond donors (Lipinski definition) is 0. The zero-order valence-electron chi connectivity index (χ0n) is 7.77. The molecule has 13 heavy (non-hydrogen) atoms. The zero-order chi connectivity index (χ0) is 9.10. The van der Waals surface area contributed by atoms with E-state index < -0.39 is 0 Å². The lowest BCUT2D eigenvalue weighted by atomic mass is 10.3. The number of anilines is 1. The fourth-order valence-electron chi connectivity index (χ4n) is 1.43. The maximum absolute atomic E-state index is 4.17. The van der Waals surface area contributed by atoms with Crippen molar-refractivity contribution >= 4 is 5.95 Å². The smallest absolute Gasteiger partial charge is 0.225 e. The van der Waals surface area contributed by atoms with Gasteiger partial charge in [0.15, 0.2) is 0 Å². The third-order valence-electron chi connectivity index (χ3n) is 2.30. The summed E-state index contributed by atoms with van der Waals surface area (Å²) in [5.41, 5.74) is 0. The Balaban J connectivity index is 2.03. The van der Waals surface area contributed by atoms with Gasteiger partial charge in [-0.2, -0.15) is 0 Å². The molecule has 4 heteroatoms. The van der Waals surface area contributed by atoms with E-state index in [1.807, 2.05) is 0 Å². The fourth-order valence-corrected chi connectivity index (χ4v) is 1.43. The average molecular weight is 177 g/mol. The molecule has 4 nitrogen and oxygen atoms in total. The number of nitrogens with zero attached hydrogens (tertiary/aromatic N) is 4. The molecule has 1 radical (unpaired) electrons. The molecule has 0 spiro atoms. The SMILES string of the molecule is CN1CCN(c2nc[c]cn2)CC1. The molecule has 1 aliphatic rings. The average Bonchev–Trinajstić information content (AvgIpc) is 2.20. The van der Waals surface area contributed by atoms with Crippen molar-refractivity contribution in [3.05, 3.63) is 18.5 Å². The summed E-state index contributed by atoms with van der Waals surface area (Å²) in [6.45, 7) is 4.20. The van der Waals surface area contributed by atoms with Crippen LogP contribution in [-0.4, -0.2) is 48.1 Å². The first-order valence-electron chi connectivity index (χ1n) is 4.48. The van der Waals surface area contributed by atoms with Gasteiger partial charge in [0.1, 0.15) is 0 Å². The predicted octanol–water partition coefficient (Wildman–Crippen LogP) is 0.0286. The summed E-state index contributed by atoms with van der Waals surface area (Å²) >= 11 is 0. The molecule has 1 aromatic rings. The number of rotatable bonds is 1. The Morgan fingerprint density at radius 3 is 2.38 bits per heavy atom. The lowest BCUT2D eigenvalue weighted by Gasteiger charge is -2.32. The minimum Gasteiger partial charge on any atom is -0.338 e. The molecule has 1 fully saturated rings. The van der Waals surface area contributed by atoms with Crippen LogP contribution in [0.25, 0.3) is 0 Å². The molecular weight excluding hydrogens is 164 g/mol. The topological polar surface area (TPSA) is 32.3 Å². The van der Waals surface area contributed by atoms with Gasteiger partial charge in [-0.15, -0.1) is 0 Å². The Kier molecular flexibility index (Phi) is 2.40. The summed E-state index contributed by atoms with van der Waals surface area (Å²) in [5, 5.41) is 0. The highest BCUT2D eigenvalue weighted by atomic mass is 15.3. The fraction of sp³-hybridized carbons (Fsp3) is 0.556. The van der Waals surface area contributed by atoms with Crippen LogP contribution in [0.15, 0.2) is 12.4 Å². The van der Waals surface area contributed by atoms with Crippen LogP contribution >= 0.6 is 0 Å². The Labute approximate surface area is 78.2 Å². The highest BCUT2D eigenvalue weighted by Gasteiger charge is 2.15. The Hall–Kier alpha value is -1.16. The highest BCUT2D eigenvalue weighted by molar-refractivity contribution is 5.28. The van der Waals surface area contributed by atoms with Gasteiger partial charge in [-0.1, -0.05) is 0 Å². The molecule has 0 aliphatic carbocycles. The van der Waals surface area contributed by atoms with E-state index in [0.29, 0.717) is 0 Å². The van der Waals surface area contributed by atoms with Crippen LogP contribution in [0.4, 0.5) is 5.95 Å². The van der Waals surface area contributed by atoms with Crippen molar-refractivity contribution in [3.63, 3.8) is 0 Å². The zero-order valence-corrected chi connectivity index (χ0v) is 7.77. The second kappa shape index (κ2) is 3.70. The number of likely N-dealkylation sites (N-methyl/N-ethyl adjacent to an activating group) is 1. The van der Waals surface area contributed by atoms with E-state index in [4.69, 9.17) is 0 Å². The lowest BCUT2D eigenvalue weighted by Crippen LogP contribution is -2.45. The molecule has 2 rings (SSSR count). The monoisotopic (exact) mass is 177 g/mol. The number of piperazine rings is 1. The molecular formula is C9H13N4. The Morgan fingerprint density at radius 1 is 1.15 bits per heavy atom. The van der Waals surface area contributed by atoms with Crippen molar-refractivity contribution in [2.24, 2.45) is 0 Å². The van der Waals surface area contributed by atoms with Crippen molar-refractivity contribution in [1.82, 2.24) is 14.9 Å². The van der Waals surface area contributed by atoms with Gasteiger partial charge in [-0.3, -0.25) is 0 Å². The normalized spacial score (nSPS) is 19.0. The van der Waals surface area contributed by atoms with Crippen molar-refractivity contribution in [3.8, 4) is 0 Å². The lowest BCUT2D eigenvalue weighted by molar-refractivity contribution is 0.311. The Bertz CT molecular complexity index is 254. The third kappa shape index (κ3) is 1.95. The van der Waals surface area contributed by atoms with Gasteiger partial charge < -0.3 is 9.80 Å². The molecule has 69 valence electrons. The molecule has 0 unspecified atom stereocenters. The first-order chi connectivity index (χ1) is 6.36. The molecule has 1 saturated heterocycles. The van der Waals surface area contributed by atoms with Crippen LogP contribution in [0.5, 0.6) is 0 Å². The molecule has 2 heterocycles. The van der Waals surface area contributed by atoms with Crippen LogP contribution in [0.3, 0.4) is 0 Å². The van der Waals surface area contributed by atoms with Crippen LogP contribution in [0.1, 0.15) is 0 Å². The summed E-state index contributed by atoms with van der Waals surface area (Å²) in [7, 11) is 2.14. The van der Waals surface area contributed by atoms with E-state index in [-0.39, 0.29) is 0 Å². The third-order valence-corrected chi connectivity index (χ3v) is 2.30. The van der Waals surface area contributed by atoms with Gasteiger partial charge in [0, 0.05) is 44.6 Å². The minimum absolute atomic E-state index is 0.826. The molecule has 1 aliphatic heterocycles. The van der Waals surface area contributed by atoms with E-state index in [0.717, 1.165) is 32.1 Å². The van der Waals surface area contributed by atoms with E-state index in [1.54, 1.807) is 12.4 Å². The van der Waals surface area contributed by atoms with E-state index in [1.165, 1.54) is 0 Å². The van der Waals surface area contributed by atoms with Crippen LogP contribution in [0, 0.1) is 6.07 Å². The molecule has 0 atom stereocenters. The van der Waals surface area contributed by atoms with E-state index in [2.05, 4.69) is 32.9 Å². The molecule has 0 aromatic carbocycles. The maximum Gasteiger partial charge on any atom is 0.225 e. The van der Waals surface area contributed by atoms with Gasteiger partial charge in [0.25, 0.3) is 0 Å². The van der Waals surface area contributed by atoms with Crippen molar-refractivity contribution < 1.29 is 0 Å². The molecule has 0 saturated carbocycles. The predicted molar refractivity (Wildman–Crippen MR) is 50.6 cm³/mol. The summed E-state index contributed by atoms with van der Waals surface area (Å²) in [5.74, 6) is 0.826. The second-order valence-electron chi connectivity index (χ2n) is 3.27. The summed E-state index contributed by atoms with van der Waals surface area (Å²) < 4.78 is 0. The van der Waals surface area contributed by atoms with Crippen LogP contribution in [-0.2, 0) is 0 Å². The molecule has 0 amide bonds. The van der Waals surface area contributed by atoms with Gasteiger partial charge >= 0.3 is 0 Å². The number of aromatic nitrogens is 2. The standard InChI is InChI=1S/C9H13N4/c1-12-5-7-13(8-6-12)9-10-3-2-4-11-9/h3-4H,5-8H2,1H3. The van der Waals surface area contributed by atoms with E-state index in [9.17, 15) is 0 Å². The number of hydrogen-bond acceptors (Lipinski definition) is 4. The van der Waals surface area contributed by atoms with Gasteiger partial charge in [-0.05, 0) is 7.05 Å². The summed E-state index contributed by atoms with van der Waals surface area (Å²) in [6.07, 6.45) is 3.33. The second-order valence-corrected chi connectivity index (χ2v) is 3.27. The van der Waals surface area contributed by atoms with Crippen LogP contribution in [0.2, 0.25) is 0 Å².